The maximum Gasteiger partial charge on any atom is 0.0540 e. The highest BCUT2D eigenvalue weighted by Gasteiger charge is 2.24. The lowest BCUT2D eigenvalue weighted by Gasteiger charge is -2.32. The Morgan fingerprint density at radius 1 is 0.393 bits per heavy atom. The lowest BCUT2D eigenvalue weighted by Crippen LogP contribution is -2.14. The van der Waals surface area contributed by atoms with Crippen molar-refractivity contribution in [1.29, 1.82) is 0 Å². The molecule has 0 radical (unpaired) electrons. The smallest absolute Gasteiger partial charge is 0.0540 e. The predicted molar refractivity (Wildman–Crippen MR) is 245 cm³/mol. The summed E-state index contributed by atoms with van der Waals surface area (Å²) in [4.78, 5) is 5.04. The molecule has 0 aliphatic carbocycles. The van der Waals surface area contributed by atoms with E-state index in [4.69, 9.17) is 0 Å². The fourth-order valence-corrected chi connectivity index (χ4v) is 9.17. The Morgan fingerprint density at radius 2 is 0.732 bits per heavy atom. The van der Waals surface area contributed by atoms with Gasteiger partial charge in [0.2, 0.25) is 0 Å². The van der Waals surface area contributed by atoms with E-state index in [9.17, 15) is 0 Å². The van der Waals surface area contributed by atoms with Gasteiger partial charge in [-0.15, -0.1) is 0 Å². The summed E-state index contributed by atoms with van der Waals surface area (Å²) in [6.45, 7) is 18.1. The molecule has 0 atom stereocenters. The van der Waals surface area contributed by atoms with Gasteiger partial charge in [0.05, 0.1) is 22.7 Å². The number of anilines is 6. The summed E-state index contributed by atoms with van der Waals surface area (Å²) in [5, 5.41) is 7.70. The van der Waals surface area contributed by atoms with Crippen LogP contribution in [0.15, 0.2) is 121 Å². The molecule has 2 heteroatoms. The van der Waals surface area contributed by atoms with E-state index in [-0.39, 0.29) is 0 Å². The van der Waals surface area contributed by atoms with Crippen molar-refractivity contribution in [2.75, 3.05) is 9.80 Å². The summed E-state index contributed by atoms with van der Waals surface area (Å²) in [7, 11) is 0. The average Bonchev–Trinajstić information content (AvgIpc) is 3.19. The molecular weight excluding hydrogens is 677 g/mol. The fourth-order valence-electron chi connectivity index (χ4n) is 9.17. The van der Waals surface area contributed by atoms with E-state index < -0.39 is 0 Å². The SMILES string of the molecule is CCCCc1cc(C)c(N(c2ccc(C)cc2)c2ccc3ccc4c(N(c5ccc(C)cc5)c5c(C)cc(CCCC)cc5C)ccc5ccc2c3c54)c(C)c1. The summed E-state index contributed by atoms with van der Waals surface area (Å²) < 4.78 is 0. The van der Waals surface area contributed by atoms with Gasteiger partial charge in [-0.05, 0) is 159 Å². The van der Waals surface area contributed by atoms with Gasteiger partial charge in [-0.2, -0.15) is 0 Å². The second-order valence-electron chi connectivity index (χ2n) is 16.3. The first-order chi connectivity index (χ1) is 27.2. The Labute approximate surface area is 334 Å². The number of nitrogens with zero attached hydrogens (tertiary/aromatic N) is 2. The van der Waals surface area contributed by atoms with Gasteiger partial charge in [0.15, 0.2) is 0 Å². The van der Waals surface area contributed by atoms with Gasteiger partial charge in [0.25, 0.3) is 0 Å². The van der Waals surface area contributed by atoms with Gasteiger partial charge >= 0.3 is 0 Å². The molecule has 0 heterocycles. The minimum Gasteiger partial charge on any atom is -0.309 e. The van der Waals surface area contributed by atoms with Crippen molar-refractivity contribution in [1.82, 2.24) is 0 Å². The van der Waals surface area contributed by atoms with Gasteiger partial charge in [0, 0.05) is 22.1 Å². The number of hydrogen-bond acceptors (Lipinski definition) is 2. The fraction of sp³-hybridized carbons (Fsp3) is 0.259. The zero-order valence-electron chi connectivity index (χ0n) is 34.7. The van der Waals surface area contributed by atoms with E-state index in [1.54, 1.807) is 0 Å². The molecular formula is C54H56N2. The summed E-state index contributed by atoms with van der Waals surface area (Å²) in [6, 6.07) is 46.5. The summed E-state index contributed by atoms with van der Waals surface area (Å²) >= 11 is 0. The second kappa shape index (κ2) is 15.5. The van der Waals surface area contributed by atoms with E-state index in [0.717, 1.165) is 12.8 Å². The molecule has 0 saturated heterocycles. The van der Waals surface area contributed by atoms with Crippen LogP contribution >= 0.6 is 0 Å². The molecule has 8 aromatic rings. The van der Waals surface area contributed by atoms with Crippen molar-refractivity contribution in [3.05, 3.63) is 166 Å². The normalized spacial score (nSPS) is 11.6. The van der Waals surface area contributed by atoms with Crippen molar-refractivity contribution in [3.63, 3.8) is 0 Å². The van der Waals surface area contributed by atoms with Gasteiger partial charge < -0.3 is 9.80 Å². The zero-order chi connectivity index (χ0) is 39.1. The first kappa shape index (κ1) is 37.3. The Bertz CT molecular complexity index is 2430. The largest absolute Gasteiger partial charge is 0.309 e. The molecule has 0 unspecified atom stereocenters. The quantitative estimate of drug-likeness (QED) is 0.115. The first-order valence-electron chi connectivity index (χ1n) is 20.8. The number of hydrogen-bond donors (Lipinski definition) is 0. The number of unbranched alkanes of at least 4 members (excludes halogenated alkanes) is 2. The van der Waals surface area contributed by atoms with E-state index in [0.29, 0.717) is 0 Å². The van der Waals surface area contributed by atoms with Gasteiger partial charge in [-0.3, -0.25) is 0 Å². The molecule has 0 aliphatic rings. The van der Waals surface area contributed by atoms with Gasteiger partial charge in [-0.1, -0.05) is 123 Å². The highest BCUT2D eigenvalue weighted by Crippen LogP contribution is 2.49. The molecule has 0 aliphatic heterocycles. The molecule has 8 aromatic carbocycles. The molecule has 0 fully saturated rings. The van der Waals surface area contributed by atoms with Crippen LogP contribution in [0.4, 0.5) is 34.1 Å². The Balaban J connectivity index is 1.38. The van der Waals surface area contributed by atoms with Crippen molar-refractivity contribution in [2.24, 2.45) is 0 Å². The van der Waals surface area contributed by atoms with Crippen LogP contribution in [-0.4, -0.2) is 0 Å². The molecule has 0 saturated carbocycles. The predicted octanol–water partition coefficient (Wildman–Crippen LogP) is 16.1. The Kier molecular flexibility index (Phi) is 10.3. The summed E-state index contributed by atoms with van der Waals surface area (Å²) in [5.41, 5.74) is 17.9. The lowest BCUT2D eigenvalue weighted by molar-refractivity contribution is 0.794. The molecule has 0 bridgehead atoms. The molecule has 282 valence electrons. The van der Waals surface area contributed by atoms with Crippen LogP contribution in [0.25, 0.3) is 32.3 Å². The van der Waals surface area contributed by atoms with Crippen LogP contribution in [0.1, 0.15) is 84.0 Å². The standard InChI is InChI=1S/C54H56N2/c1-9-11-13-41-31-37(5)53(38(6)32-41)55(45-23-15-35(3)16-24-45)49-29-21-43-20-28-48-50(30-22-44-19-27-47(49)51(43)52(44)48)56(46-25-17-36(4)18-26-46)54-39(7)33-42(14-12-10-2)34-40(54)8/h15-34H,9-14H2,1-8H3. The van der Waals surface area contributed by atoms with Gasteiger partial charge in [0.1, 0.15) is 0 Å². The molecule has 0 N–H and O–H groups in total. The third-order valence-electron chi connectivity index (χ3n) is 11.9. The third kappa shape index (κ3) is 6.81. The van der Waals surface area contributed by atoms with E-state index in [1.165, 1.54) is 137 Å². The van der Waals surface area contributed by atoms with Crippen LogP contribution in [0.3, 0.4) is 0 Å². The van der Waals surface area contributed by atoms with Crippen LogP contribution in [0.5, 0.6) is 0 Å². The van der Waals surface area contributed by atoms with Crippen molar-refractivity contribution in [2.45, 2.75) is 93.9 Å². The van der Waals surface area contributed by atoms with Crippen molar-refractivity contribution in [3.8, 4) is 0 Å². The molecule has 0 aromatic heterocycles. The van der Waals surface area contributed by atoms with E-state index >= 15 is 0 Å². The van der Waals surface area contributed by atoms with Crippen molar-refractivity contribution >= 4 is 66.4 Å². The molecule has 56 heavy (non-hydrogen) atoms. The second-order valence-corrected chi connectivity index (χ2v) is 16.3. The topological polar surface area (TPSA) is 6.48 Å². The number of aryl methyl sites for hydroxylation is 8. The van der Waals surface area contributed by atoms with E-state index in [2.05, 4.69) is 187 Å². The van der Waals surface area contributed by atoms with Crippen molar-refractivity contribution < 1.29 is 0 Å². The first-order valence-corrected chi connectivity index (χ1v) is 20.8. The minimum absolute atomic E-state index is 1.12. The molecule has 0 amide bonds. The monoisotopic (exact) mass is 732 g/mol. The lowest BCUT2D eigenvalue weighted by atomic mass is 9.91. The van der Waals surface area contributed by atoms with Gasteiger partial charge in [-0.25, -0.2) is 0 Å². The number of benzene rings is 8. The molecule has 2 nitrogen and oxygen atoms in total. The minimum atomic E-state index is 1.12. The molecule has 8 rings (SSSR count). The maximum atomic E-state index is 2.52. The zero-order valence-corrected chi connectivity index (χ0v) is 34.7. The average molecular weight is 733 g/mol. The summed E-state index contributed by atoms with van der Waals surface area (Å²) in [5.74, 6) is 0. The van der Waals surface area contributed by atoms with E-state index in [1.807, 2.05) is 0 Å². The number of rotatable bonds is 12. The van der Waals surface area contributed by atoms with Crippen LogP contribution in [-0.2, 0) is 12.8 Å². The summed E-state index contributed by atoms with van der Waals surface area (Å²) in [6.07, 6.45) is 7.06. The Hall–Kier alpha value is -5.60. The highest BCUT2D eigenvalue weighted by atomic mass is 15.2. The van der Waals surface area contributed by atoms with Crippen LogP contribution < -0.4 is 9.80 Å². The third-order valence-corrected chi connectivity index (χ3v) is 11.9. The molecule has 0 spiro atoms. The van der Waals surface area contributed by atoms with Crippen LogP contribution in [0, 0.1) is 41.5 Å². The maximum absolute atomic E-state index is 2.52. The van der Waals surface area contributed by atoms with Crippen LogP contribution in [0.2, 0.25) is 0 Å². The highest BCUT2D eigenvalue weighted by molar-refractivity contribution is 6.28. The Morgan fingerprint density at radius 3 is 1.07 bits per heavy atom.